The molecule has 5 heteroatoms. The summed E-state index contributed by atoms with van der Waals surface area (Å²) in [5, 5.41) is 3.78. The van der Waals surface area contributed by atoms with E-state index >= 15 is 0 Å². The van der Waals surface area contributed by atoms with Crippen LogP contribution in [0.3, 0.4) is 0 Å². The fraction of sp³-hybridized carbons (Fsp3) is 0.375. The Morgan fingerprint density at radius 1 is 1.24 bits per heavy atom. The van der Waals surface area contributed by atoms with E-state index in [2.05, 4.69) is 22.4 Å². The molecule has 0 saturated heterocycles. The third kappa shape index (κ3) is 2.60. The zero-order valence-corrected chi connectivity index (χ0v) is 13.2. The highest BCUT2D eigenvalue weighted by atomic mass is 32.2. The van der Waals surface area contributed by atoms with E-state index in [4.69, 9.17) is 0 Å². The summed E-state index contributed by atoms with van der Waals surface area (Å²) < 4.78 is 0. The Morgan fingerprint density at radius 2 is 2.10 bits per heavy atom. The second kappa shape index (κ2) is 5.46. The molecule has 1 aromatic carbocycles. The summed E-state index contributed by atoms with van der Waals surface area (Å²) >= 11 is 3.32. The number of thiazole rings is 1. The van der Waals surface area contributed by atoms with Gasteiger partial charge < -0.3 is 5.32 Å². The van der Waals surface area contributed by atoms with Crippen LogP contribution in [0.1, 0.15) is 29.0 Å². The lowest BCUT2D eigenvalue weighted by molar-refractivity contribution is -0.115. The Morgan fingerprint density at radius 3 is 2.95 bits per heavy atom. The molecule has 3 nitrogen and oxygen atoms in total. The first-order chi connectivity index (χ1) is 10.3. The number of carbonyl (C=O) groups is 1. The molecule has 1 amide bonds. The number of nitrogens with zero attached hydrogens (tertiary/aromatic N) is 1. The van der Waals surface area contributed by atoms with Crippen LogP contribution < -0.4 is 5.32 Å². The van der Waals surface area contributed by atoms with Gasteiger partial charge in [0.1, 0.15) is 0 Å². The maximum atomic E-state index is 12.4. The summed E-state index contributed by atoms with van der Waals surface area (Å²) in [6, 6.07) is 8.27. The van der Waals surface area contributed by atoms with Crippen LogP contribution in [0.25, 0.3) is 0 Å². The van der Waals surface area contributed by atoms with Gasteiger partial charge in [0.25, 0.3) is 0 Å². The van der Waals surface area contributed by atoms with Gasteiger partial charge in [-0.3, -0.25) is 4.79 Å². The maximum Gasteiger partial charge on any atom is 0.239 e. The summed E-state index contributed by atoms with van der Waals surface area (Å²) in [4.78, 5) is 19.6. The molecule has 0 bridgehead atoms. The molecule has 108 valence electrons. The lowest BCUT2D eigenvalue weighted by Crippen LogP contribution is -2.24. The van der Waals surface area contributed by atoms with Gasteiger partial charge in [-0.2, -0.15) is 0 Å². The van der Waals surface area contributed by atoms with Crippen molar-refractivity contribution in [2.45, 2.75) is 42.2 Å². The number of carbonyl (C=O) groups excluding carboxylic acids is 1. The second-order valence-electron chi connectivity index (χ2n) is 5.50. The van der Waals surface area contributed by atoms with Crippen LogP contribution >= 0.6 is 23.1 Å². The zero-order chi connectivity index (χ0) is 14.2. The first-order valence-electron chi connectivity index (χ1n) is 7.33. The van der Waals surface area contributed by atoms with Crippen LogP contribution in [0.4, 0.5) is 5.13 Å². The Bertz CT molecular complexity index is 647. The molecule has 21 heavy (non-hydrogen) atoms. The van der Waals surface area contributed by atoms with Crippen molar-refractivity contribution in [1.29, 1.82) is 0 Å². The number of nitrogens with one attached hydrogen (secondary N) is 1. The first kappa shape index (κ1) is 13.3. The maximum absolute atomic E-state index is 12.4. The van der Waals surface area contributed by atoms with Gasteiger partial charge >= 0.3 is 0 Å². The topological polar surface area (TPSA) is 42.0 Å². The quantitative estimate of drug-likeness (QED) is 0.919. The molecule has 2 aliphatic rings. The molecule has 1 aliphatic carbocycles. The van der Waals surface area contributed by atoms with Crippen LogP contribution in [-0.2, 0) is 24.1 Å². The Labute approximate surface area is 132 Å². The van der Waals surface area contributed by atoms with Crippen molar-refractivity contribution in [1.82, 2.24) is 4.98 Å². The fourth-order valence-electron chi connectivity index (χ4n) is 2.92. The highest BCUT2D eigenvalue weighted by Crippen LogP contribution is 2.37. The fourth-order valence-corrected chi connectivity index (χ4v) is 5.17. The van der Waals surface area contributed by atoms with Crippen LogP contribution in [0, 0.1) is 0 Å². The molecule has 1 N–H and O–H groups in total. The van der Waals surface area contributed by atoms with E-state index in [9.17, 15) is 4.79 Å². The molecule has 2 heterocycles. The van der Waals surface area contributed by atoms with Crippen LogP contribution in [0.2, 0.25) is 0 Å². The van der Waals surface area contributed by atoms with Crippen molar-refractivity contribution in [3.63, 3.8) is 0 Å². The zero-order valence-electron chi connectivity index (χ0n) is 11.6. The van der Waals surface area contributed by atoms with Gasteiger partial charge in [0, 0.05) is 9.77 Å². The molecular weight excluding hydrogens is 300 g/mol. The van der Waals surface area contributed by atoms with Gasteiger partial charge in [0.15, 0.2) is 5.13 Å². The standard InChI is InChI=1S/C16H16N2OS2/c19-15(14-9-10-5-1-3-7-12(10)20-14)18-16-17-11-6-2-4-8-13(11)21-16/h1,3,5,7,14H,2,4,6,8-9H2,(H,17,18,19). The Balaban J connectivity index is 1.46. The molecular formula is C16H16N2OS2. The van der Waals surface area contributed by atoms with E-state index in [0.717, 1.165) is 24.4 Å². The molecule has 2 aromatic rings. The molecule has 1 aromatic heterocycles. The molecule has 0 radical (unpaired) electrons. The normalized spacial score (nSPS) is 19.9. The summed E-state index contributed by atoms with van der Waals surface area (Å²) in [6.07, 6.45) is 5.46. The predicted octanol–water partition coefficient (Wildman–Crippen LogP) is 3.68. The molecule has 1 unspecified atom stereocenters. The van der Waals surface area contributed by atoms with Crippen molar-refractivity contribution in [3.05, 3.63) is 40.4 Å². The number of amides is 1. The lowest BCUT2D eigenvalue weighted by atomic mass is 10.0. The number of aryl methyl sites for hydroxylation is 2. The van der Waals surface area contributed by atoms with Gasteiger partial charge in [-0.15, -0.1) is 23.1 Å². The highest BCUT2D eigenvalue weighted by Gasteiger charge is 2.28. The third-order valence-electron chi connectivity index (χ3n) is 4.02. The van der Waals surface area contributed by atoms with Crippen molar-refractivity contribution >= 4 is 34.1 Å². The van der Waals surface area contributed by atoms with Crippen LogP contribution in [0.5, 0.6) is 0 Å². The van der Waals surface area contributed by atoms with Gasteiger partial charge in [0.2, 0.25) is 5.91 Å². The van der Waals surface area contributed by atoms with E-state index in [-0.39, 0.29) is 11.2 Å². The average Bonchev–Trinajstić information content (AvgIpc) is 3.10. The number of thioether (sulfide) groups is 1. The van der Waals surface area contributed by atoms with E-state index < -0.39 is 0 Å². The van der Waals surface area contributed by atoms with Gasteiger partial charge in [-0.1, -0.05) is 18.2 Å². The lowest BCUT2D eigenvalue weighted by Gasteiger charge is -2.07. The minimum atomic E-state index is -0.0247. The second-order valence-corrected chi connectivity index (χ2v) is 7.83. The molecule has 1 aliphatic heterocycles. The summed E-state index contributed by atoms with van der Waals surface area (Å²) in [5.41, 5.74) is 2.48. The highest BCUT2D eigenvalue weighted by molar-refractivity contribution is 8.01. The van der Waals surface area contributed by atoms with Crippen molar-refractivity contribution in [3.8, 4) is 0 Å². The minimum Gasteiger partial charge on any atom is -0.301 e. The Kier molecular flexibility index (Phi) is 3.47. The number of anilines is 1. The van der Waals surface area contributed by atoms with Gasteiger partial charge in [-0.25, -0.2) is 4.98 Å². The van der Waals surface area contributed by atoms with E-state index in [1.165, 1.54) is 33.9 Å². The summed E-state index contributed by atoms with van der Waals surface area (Å²) in [6.45, 7) is 0. The summed E-state index contributed by atoms with van der Waals surface area (Å²) in [5.74, 6) is 0.0855. The summed E-state index contributed by atoms with van der Waals surface area (Å²) in [7, 11) is 0. The molecule has 4 rings (SSSR count). The molecule has 0 fully saturated rings. The van der Waals surface area contributed by atoms with E-state index in [0.29, 0.717) is 0 Å². The number of benzene rings is 1. The molecule has 0 saturated carbocycles. The van der Waals surface area contributed by atoms with Crippen molar-refractivity contribution < 1.29 is 4.79 Å². The third-order valence-corrected chi connectivity index (χ3v) is 6.41. The monoisotopic (exact) mass is 316 g/mol. The van der Waals surface area contributed by atoms with Crippen molar-refractivity contribution in [2.24, 2.45) is 0 Å². The van der Waals surface area contributed by atoms with Crippen molar-refractivity contribution in [2.75, 3.05) is 5.32 Å². The van der Waals surface area contributed by atoms with Gasteiger partial charge in [-0.05, 0) is 43.7 Å². The minimum absolute atomic E-state index is 0.0247. The number of aromatic nitrogens is 1. The van der Waals surface area contributed by atoms with Crippen LogP contribution in [0.15, 0.2) is 29.2 Å². The number of fused-ring (bicyclic) bond motifs is 2. The van der Waals surface area contributed by atoms with Gasteiger partial charge in [0.05, 0.1) is 10.9 Å². The molecule has 0 spiro atoms. The smallest absolute Gasteiger partial charge is 0.239 e. The van der Waals surface area contributed by atoms with E-state index in [1.54, 1.807) is 23.1 Å². The number of hydrogen-bond donors (Lipinski definition) is 1. The first-order valence-corrected chi connectivity index (χ1v) is 9.03. The SMILES string of the molecule is O=C(Nc1nc2c(s1)CCCC2)C1Cc2ccccc2S1. The van der Waals surface area contributed by atoms with Crippen LogP contribution in [-0.4, -0.2) is 16.1 Å². The molecule has 1 atom stereocenters. The Hall–Kier alpha value is -1.33. The van der Waals surface area contributed by atoms with E-state index in [1.807, 2.05) is 12.1 Å². The largest absolute Gasteiger partial charge is 0.301 e. The average molecular weight is 316 g/mol. The number of hydrogen-bond acceptors (Lipinski definition) is 4. The number of rotatable bonds is 2. The predicted molar refractivity (Wildman–Crippen MR) is 87.2 cm³/mol.